The second-order valence-electron chi connectivity index (χ2n) is 7.62. The lowest BCUT2D eigenvalue weighted by Gasteiger charge is -2.35. The third-order valence-electron chi connectivity index (χ3n) is 5.66. The van der Waals surface area contributed by atoms with Crippen molar-refractivity contribution >= 4 is 22.4 Å². The van der Waals surface area contributed by atoms with E-state index in [0.29, 0.717) is 23.9 Å². The Balaban J connectivity index is 1.58. The van der Waals surface area contributed by atoms with Crippen molar-refractivity contribution in [3.05, 3.63) is 70.1 Å². The molecule has 1 saturated heterocycles. The number of likely N-dealkylation sites (N-methyl/N-ethyl adjacent to an activating group) is 1. The molecular formula is C23H27N5O2. The van der Waals surface area contributed by atoms with Gasteiger partial charge in [-0.2, -0.15) is 5.10 Å². The zero-order valence-corrected chi connectivity index (χ0v) is 17.5. The summed E-state index contributed by atoms with van der Waals surface area (Å²) < 4.78 is 1.34. The van der Waals surface area contributed by atoms with Crippen LogP contribution in [0.3, 0.4) is 0 Å². The lowest BCUT2D eigenvalue weighted by Crippen LogP contribution is -2.45. The second kappa shape index (κ2) is 8.67. The highest BCUT2D eigenvalue weighted by molar-refractivity contribution is 6.04. The number of benzene rings is 2. The van der Waals surface area contributed by atoms with Crippen molar-refractivity contribution in [3.63, 3.8) is 0 Å². The summed E-state index contributed by atoms with van der Waals surface area (Å²) in [4.78, 5) is 30.2. The first-order valence-corrected chi connectivity index (χ1v) is 10.4. The highest BCUT2D eigenvalue weighted by Crippen LogP contribution is 2.22. The minimum absolute atomic E-state index is 0.176. The number of amides is 1. The number of fused-ring (bicyclic) bond motifs is 1. The van der Waals surface area contributed by atoms with Crippen LogP contribution in [0.15, 0.2) is 53.3 Å². The molecule has 0 spiro atoms. The van der Waals surface area contributed by atoms with E-state index < -0.39 is 0 Å². The van der Waals surface area contributed by atoms with Gasteiger partial charge in [0.1, 0.15) is 0 Å². The average Bonchev–Trinajstić information content (AvgIpc) is 2.79. The Kier molecular flexibility index (Phi) is 5.81. The van der Waals surface area contributed by atoms with Crippen molar-refractivity contribution < 1.29 is 4.79 Å². The van der Waals surface area contributed by atoms with Gasteiger partial charge in [0.15, 0.2) is 5.69 Å². The first-order valence-electron chi connectivity index (χ1n) is 10.4. The number of hydrogen-bond donors (Lipinski definition) is 1. The number of carbonyl (C=O) groups excluding carboxylic acids is 1. The van der Waals surface area contributed by atoms with Gasteiger partial charge in [0, 0.05) is 50.3 Å². The molecule has 1 N–H and O–H groups in total. The van der Waals surface area contributed by atoms with E-state index in [9.17, 15) is 9.59 Å². The van der Waals surface area contributed by atoms with Crippen LogP contribution in [0, 0.1) is 0 Å². The van der Waals surface area contributed by atoms with Crippen molar-refractivity contribution in [1.29, 1.82) is 0 Å². The van der Waals surface area contributed by atoms with E-state index in [0.717, 1.165) is 37.4 Å². The molecule has 0 aliphatic carbocycles. The van der Waals surface area contributed by atoms with Crippen LogP contribution in [0.2, 0.25) is 0 Å². The lowest BCUT2D eigenvalue weighted by molar-refractivity contribution is 0.0945. The number of rotatable bonds is 5. The monoisotopic (exact) mass is 405 g/mol. The van der Waals surface area contributed by atoms with Gasteiger partial charge in [-0.25, -0.2) is 4.68 Å². The van der Waals surface area contributed by atoms with Gasteiger partial charge in [-0.1, -0.05) is 36.4 Å². The molecule has 0 unspecified atom stereocenters. The normalized spacial score (nSPS) is 14.8. The number of nitrogens with zero attached hydrogens (tertiary/aromatic N) is 4. The molecule has 4 rings (SSSR count). The largest absolute Gasteiger partial charge is 0.369 e. The highest BCUT2D eigenvalue weighted by atomic mass is 16.2. The summed E-state index contributed by atoms with van der Waals surface area (Å²) in [5.74, 6) is -0.276. The second-order valence-corrected chi connectivity index (χ2v) is 7.62. The molecule has 7 heteroatoms. The summed E-state index contributed by atoms with van der Waals surface area (Å²) in [5.41, 5.74) is 2.33. The van der Waals surface area contributed by atoms with E-state index in [1.54, 1.807) is 18.2 Å². The van der Waals surface area contributed by atoms with Gasteiger partial charge in [-0.15, -0.1) is 0 Å². The van der Waals surface area contributed by atoms with Crippen LogP contribution in [0.25, 0.3) is 10.8 Å². The Labute approximate surface area is 175 Å². The first kappa shape index (κ1) is 20.1. The Hall–Kier alpha value is -3.19. The van der Waals surface area contributed by atoms with Crippen molar-refractivity contribution in [2.24, 2.45) is 0 Å². The maximum atomic E-state index is 13.0. The molecule has 0 atom stereocenters. The van der Waals surface area contributed by atoms with E-state index in [1.165, 1.54) is 4.68 Å². The summed E-state index contributed by atoms with van der Waals surface area (Å²) in [6, 6.07) is 15.3. The third-order valence-corrected chi connectivity index (χ3v) is 5.66. The molecule has 0 saturated carbocycles. The Morgan fingerprint density at radius 2 is 1.67 bits per heavy atom. The number of hydrogen-bond acceptors (Lipinski definition) is 5. The van der Waals surface area contributed by atoms with Gasteiger partial charge in [0.25, 0.3) is 11.5 Å². The van der Waals surface area contributed by atoms with Gasteiger partial charge in [-0.3, -0.25) is 9.59 Å². The Morgan fingerprint density at radius 1 is 1.00 bits per heavy atom. The molecule has 1 aliphatic rings. The predicted molar refractivity (Wildman–Crippen MR) is 119 cm³/mol. The van der Waals surface area contributed by atoms with Crippen LogP contribution in [-0.2, 0) is 13.1 Å². The minimum Gasteiger partial charge on any atom is -0.369 e. The minimum atomic E-state index is -0.276. The van der Waals surface area contributed by atoms with Gasteiger partial charge in [0.2, 0.25) is 0 Å². The quantitative estimate of drug-likeness (QED) is 0.704. The molecular weight excluding hydrogens is 378 g/mol. The van der Waals surface area contributed by atoms with Crippen molar-refractivity contribution in [3.8, 4) is 0 Å². The third kappa shape index (κ3) is 3.93. The number of aromatic nitrogens is 2. The number of nitrogens with one attached hydrogen (secondary N) is 1. The molecule has 1 fully saturated rings. The van der Waals surface area contributed by atoms with E-state index in [-0.39, 0.29) is 17.2 Å². The van der Waals surface area contributed by atoms with E-state index in [4.69, 9.17) is 0 Å². The summed E-state index contributed by atoms with van der Waals surface area (Å²) in [5, 5.41) is 8.43. The summed E-state index contributed by atoms with van der Waals surface area (Å²) in [6.45, 7) is 6.64. The van der Waals surface area contributed by atoms with Crippen LogP contribution in [0.1, 0.15) is 23.0 Å². The maximum Gasteiger partial charge on any atom is 0.274 e. The van der Waals surface area contributed by atoms with Gasteiger partial charge >= 0.3 is 0 Å². The van der Waals surface area contributed by atoms with E-state index in [2.05, 4.69) is 33.3 Å². The molecule has 1 amide bonds. The Morgan fingerprint density at radius 3 is 2.40 bits per heavy atom. The van der Waals surface area contributed by atoms with Crippen LogP contribution < -0.4 is 15.8 Å². The fraction of sp³-hybridized carbons (Fsp3) is 0.348. The fourth-order valence-electron chi connectivity index (χ4n) is 3.89. The number of anilines is 1. The lowest BCUT2D eigenvalue weighted by atomic mass is 10.1. The number of para-hydroxylation sites is 1. The van der Waals surface area contributed by atoms with Crippen molar-refractivity contribution in [2.75, 3.05) is 38.1 Å². The zero-order chi connectivity index (χ0) is 21.1. The van der Waals surface area contributed by atoms with Crippen LogP contribution >= 0.6 is 0 Å². The van der Waals surface area contributed by atoms with E-state index in [1.807, 2.05) is 31.2 Å². The maximum absolute atomic E-state index is 13.0. The number of carbonyl (C=O) groups is 1. The van der Waals surface area contributed by atoms with Gasteiger partial charge in [-0.05, 0) is 31.7 Å². The average molecular weight is 406 g/mol. The highest BCUT2D eigenvalue weighted by Gasteiger charge is 2.19. The fourth-order valence-corrected chi connectivity index (χ4v) is 3.89. The molecule has 30 heavy (non-hydrogen) atoms. The number of aryl methyl sites for hydroxylation is 1. The molecule has 2 heterocycles. The molecule has 7 nitrogen and oxygen atoms in total. The summed E-state index contributed by atoms with van der Waals surface area (Å²) in [7, 11) is 2.14. The van der Waals surface area contributed by atoms with Crippen molar-refractivity contribution in [1.82, 2.24) is 20.0 Å². The van der Waals surface area contributed by atoms with Gasteiger partial charge < -0.3 is 15.1 Å². The van der Waals surface area contributed by atoms with E-state index >= 15 is 0 Å². The van der Waals surface area contributed by atoms with Gasteiger partial charge in [0.05, 0.1) is 5.39 Å². The van der Waals surface area contributed by atoms with Crippen LogP contribution in [0.5, 0.6) is 0 Å². The molecule has 1 aromatic heterocycles. The molecule has 156 valence electrons. The molecule has 0 bridgehead atoms. The summed E-state index contributed by atoms with van der Waals surface area (Å²) >= 11 is 0. The number of piperazine rings is 1. The Bertz CT molecular complexity index is 1120. The van der Waals surface area contributed by atoms with Crippen molar-refractivity contribution in [2.45, 2.75) is 20.0 Å². The molecule has 3 aromatic rings. The molecule has 0 radical (unpaired) electrons. The van der Waals surface area contributed by atoms with Crippen LogP contribution in [0.4, 0.5) is 5.69 Å². The predicted octanol–water partition coefficient (Wildman–Crippen LogP) is 2.10. The molecule has 2 aromatic carbocycles. The standard InChI is InChI=1S/C23H27N5O2/c1-3-28-23(30)19-10-6-5-9-18(19)21(25-28)22(29)24-16-17-8-4-7-11-20(17)27-14-12-26(2)13-15-27/h4-11H,3,12-16H2,1-2H3,(H,24,29). The topological polar surface area (TPSA) is 70.5 Å². The smallest absolute Gasteiger partial charge is 0.274 e. The SMILES string of the molecule is CCn1nc(C(=O)NCc2ccccc2N2CCN(C)CC2)c2ccccc2c1=O. The molecule has 1 aliphatic heterocycles. The zero-order valence-electron chi connectivity index (χ0n) is 17.5. The summed E-state index contributed by atoms with van der Waals surface area (Å²) in [6.07, 6.45) is 0. The first-order chi connectivity index (χ1) is 14.6. The van der Waals surface area contributed by atoms with Crippen LogP contribution in [-0.4, -0.2) is 53.8 Å².